The van der Waals surface area contributed by atoms with Gasteiger partial charge in [-0.25, -0.2) is 0 Å². The molecule has 2 heterocycles. The topological polar surface area (TPSA) is 30.5 Å². The van der Waals surface area contributed by atoms with Crippen LogP contribution in [0.1, 0.15) is 36.1 Å². The van der Waals surface area contributed by atoms with Crippen molar-refractivity contribution in [1.29, 1.82) is 0 Å². The minimum atomic E-state index is -4.70. The van der Waals surface area contributed by atoms with Gasteiger partial charge in [0.05, 0.1) is 12.1 Å². The maximum Gasteiger partial charge on any atom is 0.573 e. The van der Waals surface area contributed by atoms with E-state index in [0.717, 1.165) is 29.7 Å². The highest BCUT2D eigenvalue weighted by molar-refractivity contribution is 5.59. The highest BCUT2D eigenvalue weighted by Gasteiger charge is 2.40. The third kappa shape index (κ3) is 3.31. The number of benzene rings is 2. The zero-order valence-corrected chi connectivity index (χ0v) is 13.4. The molecule has 2 aliphatic rings. The van der Waals surface area contributed by atoms with Gasteiger partial charge in [-0.1, -0.05) is 30.3 Å². The minimum absolute atomic E-state index is 0.0772. The highest BCUT2D eigenvalue weighted by Crippen LogP contribution is 2.49. The van der Waals surface area contributed by atoms with Crippen molar-refractivity contribution in [3.05, 3.63) is 59.7 Å². The van der Waals surface area contributed by atoms with Gasteiger partial charge in [0, 0.05) is 23.8 Å². The van der Waals surface area contributed by atoms with Crippen LogP contribution in [0.4, 0.5) is 18.9 Å². The van der Waals surface area contributed by atoms with Crippen molar-refractivity contribution in [1.82, 2.24) is 0 Å². The SMILES string of the molecule is FC(F)(F)Oc1ccc2c(c1)[C@H]1OCCC[C@H]1[C@H](c1ccccc1)N2. The molecule has 3 atom stereocenters. The molecule has 0 spiro atoms. The highest BCUT2D eigenvalue weighted by atomic mass is 19.4. The van der Waals surface area contributed by atoms with E-state index in [1.165, 1.54) is 12.1 Å². The average molecular weight is 349 g/mol. The first-order chi connectivity index (χ1) is 12.0. The lowest BCUT2D eigenvalue weighted by Gasteiger charge is -2.43. The monoisotopic (exact) mass is 349 g/mol. The molecule has 0 aromatic heterocycles. The molecule has 0 amide bonds. The average Bonchev–Trinajstić information content (AvgIpc) is 2.60. The predicted octanol–water partition coefficient (Wildman–Crippen LogP) is 5.22. The summed E-state index contributed by atoms with van der Waals surface area (Å²) in [5, 5.41) is 3.49. The van der Waals surface area contributed by atoms with Gasteiger partial charge >= 0.3 is 6.36 Å². The van der Waals surface area contributed by atoms with Crippen LogP contribution in [0.15, 0.2) is 48.5 Å². The van der Waals surface area contributed by atoms with Crippen LogP contribution in [0, 0.1) is 5.92 Å². The summed E-state index contributed by atoms with van der Waals surface area (Å²) in [5.41, 5.74) is 2.69. The number of alkyl halides is 3. The molecule has 6 heteroatoms. The van der Waals surface area contributed by atoms with E-state index in [-0.39, 0.29) is 23.8 Å². The summed E-state index contributed by atoms with van der Waals surface area (Å²) in [6.45, 7) is 0.618. The van der Waals surface area contributed by atoms with E-state index in [2.05, 4.69) is 22.2 Å². The first-order valence-corrected chi connectivity index (χ1v) is 8.34. The third-order valence-corrected chi connectivity index (χ3v) is 4.83. The number of fused-ring (bicyclic) bond motifs is 3. The molecule has 3 nitrogen and oxygen atoms in total. The minimum Gasteiger partial charge on any atom is -0.406 e. The molecule has 2 aliphatic heterocycles. The molecule has 0 aliphatic carbocycles. The Morgan fingerprint density at radius 1 is 1.08 bits per heavy atom. The largest absolute Gasteiger partial charge is 0.573 e. The predicted molar refractivity (Wildman–Crippen MR) is 87.3 cm³/mol. The van der Waals surface area contributed by atoms with Gasteiger partial charge < -0.3 is 14.8 Å². The van der Waals surface area contributed by atoms with Gasteiger partial charge in [0.2, 0.25) is 0 Å². The van der Waals surface area contributed by atoms with E-state index < -0.39 is 6.36 Å². The number of rotatable bonds is 2. The molecule has 1 saturated heterocycles. The quantitative estimate of drug-likeness (QED) is 0.806. The van der Waals surface area contributed by atoms with Gasteiger partial charge in [-0.3, -0.25) is 0 Å². The number of ether oxygens (including phenoxy) is 2. The Balaban J connectivity index is 1.71. The first-order valence-electron chi connectivity index (χ1n) is 8.34. The Hall–Kier alpha value is -2.21. The van der Waals surface area contributed by atoms with E-state index in [4.69, 9.17) is 4.74 Å². The second-order valence-electron chi connectivity index (χ2n) is 6.43. The summed E-state index contributed by atoms with van der Waals surface area (Å²) in [7, 11) is 0. The van der Waals surface area contributed by atoms with Crippen molar-refractivity contribution in [2.45, 2.75) is 31.3 Å². The summed E-state index contributed by atoms with van der Waals surface area (Å²) in [5.74, 6) is -0.0380. The molecule has 4 rings (SSSR count). The molecule has 132 valence electrons. The number of hydrogen-bond acceptors (Lipinski definition) is 3. The van der Waals surface area contributed by atoms with Crippen LogP contribution >= 0.6 is 0 Å². The third-order valence-electron chi connectivity index (χ3n) is 4.83. The summed E-state index contributed by atoms with van der Waals surface area (Å²) in [6, 6.07) is 14.6. The maximum atomic E-state index is 12.5. The van der Waals surface area contributed by atoms with E-state index >= 15 is 0 Å². The molecule has 0 radical (unpaired) electrons. The van der Waals surface area contributed by atoms with E-state index in [0.29, 0.717) is 6.61 Å². The summed E-state index contributed by atoms with van der Waals surface area (Å²) < 4.78 is 47.6. The van der Waals surface area contributed by atoms with E-state index in [1.807, 2.05) is 18.2 Å². The van der Waals surface area contributed by atoms with Crippen molar-refractivity contribution in [2.75, 3.05) is 11.9 Å². The van der Waals surface area contributed by atoms with Crippen molar-refractivity contribution in [2.24, 2.45) is 5.92 Å². The Morgan fingerprint density at radius 2 is 1.88 bits per heavy atom. The molecule has 0 unspecified atom stereocenters. The zero-order chi connectivity index (χ0) is 17.4. The van der Waals surface area contributed by atoms with Crippen molar-refractivity contribution < 1.29 is 22.6 Å². The fraction of sp³-hybridized carbons (Fsp3) is 0.368. The number of hydrogen-bond donors (Lipinski definition) is 1. The smallest absolute Gasteiger partial charge is 0.406 e. The van der Waals surface area contributed by atoms with Crippen LogP contribution in [0.3, 0.4) is 0 Å². The van der Waals surface area contributed by atoms with Crippen LogP contribution in [-0.4, -0.2) is 13.0 Å². The summed E-state index contributed by atoms with van der Waals surface area (Å²) in [6.07, 6.45) is -3.02. The standard InChI is InChI=1S/C19H18F3NO2/c20-19(21,22)25-13-8-9-16-15(11-13)18-14(7-4-10-24-18)17(23-16)12-5-2-1-3-6-12/h1-3,5-6,8-9,11,14,17-18,23H,4,7,10H2/t14-,17-,18-/m0/s1. The van der Waals surface area contributed by atoms with Crippen LogP contribution in [-0.2, 0) is 4.74 Å². The first kappa shape index (κ1) is 16.3. The van der Waals surface area contributed by atoms with Gasteiger partial charge in [-0.05, 0) is 36.6 Å². The van der Waals surface area contributed by atoms with Gasteiger partial charge in [-0.15, -0.1) is 13.2 Å². The van der Waals surface area contributed by atoms with Crippen molar-refractivity contribution in [3.8, 4) is 5.75 Å². The van der Waals surface area contributed by atoms with Crippen molar-refractivity contribution >= 4 is 5.69 Å². The fourth-order valence-corrected chi connectivity index (χ4v) is 3.84. The second-order valence-corrected chi connectivity index (χ2v) is 6.43. The lowest BCUT2D eigenvalue weighted by molar-refractivity contribution is -0.274. The number of nitrogens with one attached hydrogen (secondary N) is 1. The molecule has 25 heavy (non-hydrogen) atoms. The van der Waals surface area contributed by atoms with Crippen LogP contribution in [0.2, 0.25) is 0 Å². The molecule has 0 bridgehead atoms. The summed E-state index contributed by atoms with van der Waals surface area (Å²) in [4.78, 5) is 0. The maximum absolute atomic E-state index is 12.5. The van der Waals surface area contributed by atoms with Gasteiger partial charge in [0.25, 0.3) is 0 Å². The molecule has 1 N–H and O–H groups in total. The second kappa shape index (κ2) is 6.26. The van der Waals surface area contributed by atoms with E-state index in [9.17, 15) is 13.2 Å². The Labute approximate surface area is 143 Å². The van der Waals surface area contributed by atoms with Crippen LogP contribution in [0.5, 0.6) is 5.75 Å². The lowest BCUT2D eigenvalue weighted by atomic mass is 9.77. The molecule has 2 aromatic carbocycles. The Morgan fingerprint density at radius 3 is 2.64 bits per heavy atom. The number of anilines is 1. The fourth-order valence-electron chi connectivity index (χ4n) is 3.84. The summed E-state index contributed by atoms with van der Waals surface area (Å²) >= 11 is 0. The van der Waals surface area contributed by atoms with Gasteiger partial charge in [0.1, 0.15) is 5.75 Å². The van der Waals surface area contributed by atoms with Crippen LogP contribution in [0.25, 0.3) is 0 Å². The van der Waals surface area contributed by atoms with Gasteiger partial charge in [0.15, 0.2) is 0 Å². The Bertz CT molecular complexity index is 748. The molecular weight excluding hydrogens is 331 g/mol. The van der Waals surface area contributed by atoms with Crippen LogP contribution < -0.4 is 10.1 Å². The normalized spacial score (nSPS) is 25.5. The zero-order valence-electron chi connectivity index (χ0n) is 13.4. The number of halogens is 3. The lowest BCUT2D eigenvalue weighted by Crippen LogP contribution is -2.36. The molecule has 0 saturated carbocycles. The van der Waals surface area contributed by atoms with Gasteiger partial charge in [-0.2, -0.15) is 0 Å². The van der Waals surface area contributed by atoms with Crippen molar-refractivity contribution in [3.63, 3.8) is 0 Å². The molecule has 1 fully saturated rings. The molecule has 2 aromatic rings. The molecular formula is C19H18F3NO2. The van der Waals surface area contributed by atoms with E-state index in [1.54, 1.807) is 6.07 Å². The Kier molecular flexibility index (Phi) is 4.07.